The molecular weight excluding hydrogens is 314 g/mol. The van der Waals surface area contributed by atoms with Gasteiger partial charge in [0.25, 0.3) is 0 Å². The van der Waals surface area contributed by atoms with E-state index >= 15 is 0 Å². The molecule has 112 valence electrons. The molecule has 1 aromatic rings. The molecular formula is C17H26BrNO. The summed E-state index contributed by atoms with van der Waals surface area (Å²) < 4.78 is 6.26. The first kappa shape index (κ1) is 17.3. The average Bonchev–Trinajstić information content (AvgIpc) is 2.38. The highest BCUT2D eigenvalue weighted by Crippen LogP contribution is 2.26. The second-order valence-electron chi connectivity index (χ2n) is 5.58. The molecule has 0 spiro atoms. The zero-order valence-corrected chi connectivity index (χ0v) is 14.6. The van der Waals surface area contributed by atoms with Crippen molar-refractivity contribution in [1.82, 2.24) is 5.32 Å². The summed E-state index contributed by atoms with van der Waals surface area (Å²) in [6, 6.07) is 6.27. The standard InChI is InChI=1S/C17H26BrNO/c1-13(2)12-19-9-5-6-14(3)10-15-7-8-17(20-4)16(18)11-15/h6-8,11,13,19H,5,9-10,12H2,1-4H3. The third kappa shape index (κ3) is 6.58. The summed E-state index contributed by atoms with van der Waals surface area (Å²) >= 11 is 3.53. The van der Waals surface area contributed by atoms with Gasteiger partial charge in [0.05, 0.1) is 11.6 Å². The van der Waals surface area contributed by atoms with Gasteiger partial charge in [0, 0.05) is 0 Å². The van der Waals surface area contributed by atoms with Crippen molar-refractivity contribution in [2.75, 3.05) is 20.2 Å². The van der Waals surface area contributed by atoms with E-state index < -0.39 is 0 Å². The Bertz CT molecular complexity index is 441. The Labute approximate surface area is 131 Å². The summed E-state index contributed by atoms with van der Waals surface area (Å²) in [6.07, 6.45) is 4.41. The molecule has 0 heterocycles. The fourth-order valence-electron chi connectivity index (χ4n) is 2.03. The Hall–Kier alpha value is -0.800. The van der Waals surface area contributed by atoms with Crippen LogP contribution in [0.3, 0.4) is 0 Å². The lowest BCUT2D eigenvalue weighted by Crippen LogP contribution is -2.20. The van der Waals surface area contributed by atoms with E-state index in [0.29, 0.717) is 0 Å². The molecule has 0 unspecified atom stereocenters. The Morgan fingerprint density at radius 1 is 1.40 bits per heavy atom. The van der Waals surface area contributed by atoms with Crippen LogP contribution >= 0.6 is 15.9 Å². The molecule has 0 amide bonds. The van der Waals surface area contributed by atoms with Crippen LogP contribution < -0.4 is 10.1 Å². The third-order valence-electron chi connectivity index (χ3n) is 3.07. The molecule has 0 bridgehead atoms. The van der Waals surface area contributed by atoms with E-state index in [1.165, 1.54) is 11.1 Å². The zero-order valence-electron chi connectivity index (χ0n) is 13.0. The molecule has 0 aliphatic carbocycles. The van der Waals surface area contributed by atoms with E-state index in [1.807, 2.05) is 6.07 Å². The van der Waals surface area contributed by atoms with E-state index in [-0.39, 0.29) is 0 Å². The van der Waals surface area contributed by atoms with Crippen LogP contribution in [0.25, 0.3) is 0 Å². The molecule has 0 atom stereocenters. The first-order valence-corrected chi connectivity index (χ1v) is 8.01. The number of methoxy groups -OCH3 is 1. The van der Waals surface area contributed by atoms with Crippen LogP contribution in [0.5, 0.6) is 5.75 Å². The lowest BCUT2D eigenvalue weighted by atomic mass is 10.1. The molecule has 20 heavy (non-hydrogen) atoms. The lowest BCUT2D eigenvalue weighted by molar-refractivity contribution is 0.412. The summed E-state index contributed by atoms with van der Waals surface area (Å²) in [5.41, 5.74) is 2.72. The highest BCUT2D eigenvalue weighted by molar-refractivity contribution is 9.10. The summed E-state index contributed by atoms with van der Waals surface area (Å²) in [6.45, 7) is 8.81. The van der Waals surface area contributed by atoms with Crippen LogP contribution in [-0.4, -0.2) is 20.2 Å². The van der Waals surface area contributed by atoms with Crippen LogP contribution in [-0.2, 0) is 6.42 Å². The molecule has 2 nitrogen and oxygen atoms in total. The Kier molecular flexibility index (Phi) is 7.93. The van der Waals surface area contributed by atoms with Gasteiger partial charge in [0.15, 0.2) is 0 Å². The SMILES string of the molecule is COc1ccc(CC(C)=CCCNCC(C)C)cc1Br. The van der Waals surface area contributed by atoms with Gasteiger partial charge in [-0.15, -0.1) is 0 Å². The van der Waals surface area contributed by atoms with Crippen molar-refractivity contribution in [3.63, 3.8) is 0 Å². The van der Waals surface area contributed by atoms with Crippen molar-refractivity contribution in [2.24, 2.45) is 5.92 Å². The number of rotatable bonds is 8. The highest BCUT2D eigenvalue weighted by Gasteiger charge is 2.02. The van der Waals surface area contributed by atoms with E-state index in [1.54, 1.807) is 7.11 Å². The van der Waals surface area contributed by atoms with E-state index in [4.69, 9.17) is 4.74 Å². The molecule has 0 fully saturated rings. The monoisotopic (exact) mass is 339 g/mol. The van der Waals surface area contributed by atoms with Crippen molar-refractivity contribution < 1.29 is 4.74 Å². The molecule has 0 aliphatic heterocycles. The van der Waals surface area contributed by atoms with Gasteiger partial charge in [-0.25, -0.2) is 0 Å². The first-order chi connectivity index (χ1) is 9.52. The fraction of sp³-hybridized carbons (Fsp3) is 0.529. The van der Waals surface area contributed by atoms with Gasteiger partial charge in [0.2, 0.25) is 0 Å². The van der Waals surface area contributed by atoms with Crippen LogP contribution in [0.2, 0.25) is 0 Å². The number of halogens is 1. The van der Waals surface area contributed by atoms with E-state index in [9.17, 15) is 0 Å². The maximum atomic E-state index is 5.25. The van der Waals surface area contributed by atoms with Crippen molar-refractivity contribution >= 4 is 15.9 Å². The van der Waals surface area contributed by atoms with Gasteiger partial charge in [-0.05, 0) is 72.4 Å². The Morgan fingerprint density at radius 3 is 2.75 bits per heavy atom. The fourth-order valence-corrected chi connectivity index (χ4v) is 2.61. The smallest absolute Gasteiger partial charge is 0.133 e. The third-order valence-corrected chi connectivity index (χ3v) is 3.69. The second kappa shape index (κ2) is 9.19. The maximum Gasteiger partial charge on any atom is 0.133 e. The van der Waals surface area contributed by atoms with Crippen molar-refractivity contribution in [3.8, 4) is 5.75 Å². The van der Waals surface area contributed by atoms with Crippen LogP contribution in [0.1, 0.15) is 32.8 Å². The molecule has 0 aromatic heterocycles. The molecule has 0 aliphatic rings. The molecule has 0 radical (unpaired) electrons. The minimum absolute atomic E-state index is 0.719. The van der Waals surface area contributed by atoms with Crippen LogP contribution in [0, 0.1) is 5.92 Å². The predicted molar refractivity (Wildman–Crippen MR) is 90.5 cm³/mol. The predicted octanol–water partition coefficient (Wildman–Crippen LogP) is 4.58. The summed E-state index contributed by atoms with van der Waals surface area (Å²) in [7, 11) is 1.69. The van der Waals surface area contributed by atoms with Gasteiger partial charge in [-0.3, -0.25) is 0 Å². The van der Waals surface area contributed by atoms with E-state index in [2.05, 4.69) is 60.2 Å². The Balaban J connectivity index is 2.41. The van der Waals surface area contributed by atoms with Crippen molar-refractivity contribution in [2.45, 2.75) is 33.6 Å². The summed E-state index contributed by atoms with van der Waals surface area (Å²) in [4.78, 5) is 0. The number of hydrogen-bond acceptors (Lipinski definition) is 2. The van der Waals surface area contributed by atoms with Gasteiger partial charge < -0.3 is 10.1 Å². The number of allylic oxidation sites excluding steroid dienone is 1. The maximum absolute atomic E-state index is 5.25. The second-order valence-corrected chi connectivity index (χ2v) is 6.44. The minimum atomic E-state index is 0.719. The molecule has 0 saturated carbocycles. The molecule has 1 N–H and O–H groups in total. The van der Waals surface area contributed by atoms with Crippen LogP contribution in [0.15, 0.2) is 34.3 Å². The van der Waals surface area contributed by atoms with Crippen molar-refractivity contribution in [1.29, 1.82) is 0 Å². The van der Waals surface area contributed by atoms with Crippen LogP contribution in [0.4, 0.5) is 0 Å². The van der Waals surface area contributed by atoms with E-state index in [0.717, 1.165) is 42.1 Å². The number of benzene rings is 1. The normalized spacial score (nSPS) is 12.0. The van der Waals surface area contributed by atoms with Gasteiger partial charge in [-0.1, -0.05) is 31.6 Å². The highest BCUT2D eigenvalue weighted by atomic mass is 79.9. The average molecular weight is 340 g/mol. The molecule has 1 rings (SSSR count). The zero-order chi connectivity index (χ0) is 15.0. The number of ether oxygens (including phenoxy) is 1. The van der Waals surface area contributed by atoms with Gasteiger partial charge in [-0.2, -0.15) is 0 Å². The first-order valence-electron chi connectivity index (χ1n) is 7.21. The van der Waals surface area contributed by atoms with Gasteiger partial charge >= 0.3 is 0 Å². The van der Waals surface area contributed by atoms with Gasteiger partial charge in [0.1, 0.15) is 5.75 Å². The number of nitrogens with one attached hydrogen (secondary N) is 1. The largest absolute Gasteiger partial charge is 0.496 e. The molecule has 0 saturated heterocycles. The van der Waals surface area contributed by atoms with Crippen molar-refractivity contribution in [3.05, 3.63) is 39.9 Å². The topological polar surface area (TPSA) is 21.3 Å². The quantitative estimate of drug-likeness (QED) is 0.552. The number of hydrogen-bond donors (Lipinski definition) is 1. The lowest BCUT2D eigenvalue weighted by Gasteiger charge is -2.08. The summed E-state index contributed by atoms with van der Waals surface area (Å²) in [5, 5.41) is 3.46. The summed E-state index contributed by atoms with van der Waals surface area (Å²) in [5.74, 6) is 1.60. The minimum Gasteiger partial charge on any atom is -0.496 e. The molecule has 1 aromatic carbocycles. The molecule has 3 heteroatoms. The Morgan fingerprint density at radius 2 is 2.15 bits per heavy atom.